The second-order valence-electron chi connectivity index (χ2n) is 3.84. The minimum Gasteiger partial charge on any atom is -0.444 e. The van der Waals surface area contributed by atoms with Crippen LogP contribution in [0.15, 0.2) is 0 Å². The molecule has 0 saturated carbocycles. The average Bonchev–Trinajstić information content (AvgIpc) is 1.82. The van der Waals surface area contributed by atoms with E-state index >= 15 is 0 Å². The molecule has 1 N–H and O–H groups in total. The predicted octanol–water partition coefficient (Wildman–Crippen LogP) is 2.12. The van der Waals surface area contributed by atoms with Crippen LogP contribution in [0, 0.1) is 6.92 Å². The molecule has 0 fully saturated rings. The summed E-state index contributed by atoms with van der Waals surface area (Å²) in [4.78, 5) is 11.1. The number of rotatable bonds is 2. The van der Waals surface area contributed by atoms with Gasteiger partial charge in [-0.05, 0) is 34.1 Å². The highest BCUT2D eigenvalue weighted by atomic mass is 16.6. The molecular formula is C9H18NO2. The Morgan fingerprint density at radius 2 is 2.08 bits per heavy atom. The maximum absolute atomic E-state index is 11.1. The van der Waals surface area contributed by atoms with Crippen LogP contribution in [0.2, 0.25) is 0 Å². The van der Waals surface area contributed by atoms with Crippen LogP contribution in [-0.2, 0) is 4.74 Å². The fourth-order valence-electron chi connectivity index (χ4n) is 0.581. The number of ether oxygens (including phenoxy) is 1. The SMILES string of the molecule is [CH2]C[C@@H](C)NC(=O)OC(C)(C)C. The van der Waals surface area contributed by atoms with Gasteiger partial charge in [0.1, 0.15) is 5.60 Å². The van der Waals surface area contributed by atoms with Crippen molar-refractivity contribution in [3.8, 4) is 0 Å². The molecule has 3 nitrogen and oxygen atoms in total. The van der Waals surface area contributed by atoms with E-state index < -0.39 is 5.60 Å². The van der Waals surface area contributed by atoms with Crippen molar-refractivity contribution in [2.45, 2.75) is 45.8 Å². The van der Waals surface area contributed by atoms with Gasteiger partial charge in [0, 0.05) is 6.04 Å². The van der Waals surface area contributed by atoms with E-state index in [1.807, 2.05) is 27.7 Å². The molecular weight excluding hydrogens is 154 g/mol. The Hall–Kier alpha value is -0.730. The number of carbonyl (C=O) groups is 1. The van der Waals surface area contributed by atoms with Crippen molar-refractivity contribution in [2.75, 3.05) is 0 Å². The fraction of sp³-hybridized carbons (Fsp3) is 0.778. The lowest BCUT2D eigenvalue weighted by Crippen LogP contribution is -2.37. The number of alkyl carbamates (subject to hydrolysis) is 1. The third-order valence-corrected chi connectivity index (χ3v) is 1.20. The maximum Gasteiger partial charge on any atom is 0.407 e. The monoisotopic (exact) mass is 172 g/mol. The zero-order valence-corrected chi connectivity index (χ0v) is 8.31. The molecule has 1 radical (unpaired) electrons. The van der Waals surface area contributed by atoms with Crippen LogP contribution in [0.25, 0.3) is 0 Å². The molecule has 12 heavy (non-hydrogen) atoms. The molecule has 0 aliphatic carbocycles. The van der Waals surface area contributed by atoms with E-state index in [0.717, 1.165) is 0 Å². The first-order valence-electron chi connectivity index (χ1n) is 4.14. The molecule has 0 spiro atoms. The van der Waals surface area contributed by atoms with Crippen molar-refractivity contribution in [3.63, 3.8) is 0 Å². The standard InChI is InChI=1S/C9H18NO2/c1-6-7(2)10-8(11)12-9(3,4)5/h7H,1,6H2,2-5H3,(H,10,11)/t7-/m1/s1. The van der Waals surface area contributed by atoms with Gasteiger partial charge in [-0.3, -0.25) is 0 Å². The fourth-order valence-corrected chi connectivity index (χ4v) is 0.581. The van der Waals surface area contributed by atoms with E-state index in [1.165, 1.54) is 0 Å². The Kier molecular flexibility index (Phi) is 4.07. The highest BCUT2D eigenvalue weighted by Gasteiger charge is 2.16. The first kappa shape index (κ1) is 11.3. The second kappa shape index (κ2) is 4.33. The number of carbonyl (C=O) groups excluding carboxylic acids is 1. The zero-order valence-electron chi connectivity index (χ0n) is 8.31. The molecule has 0 aliphatic rings. The molecule has 0 rings (SSSR count). The minimum atomic E-state index is -0.426. The number of hydrogen-bond donors (Lipinski definition) is 1. The molecule has 0 aromatic heterocycles. The van der Waals surface area contributed by atoms with Crippen molar-refractivity contribution in [1.29, 1.82) is 0 Å². The highest BCUT2D eigenvalue weighted by molar-refractivity contribution is 5.67. The van der Waals surface area contributed by atoms with Gasteiger partial charge in [0.15, 0.2) is 0 Å². The number of amides is 1. The third kappa shape index (κ3) is 6.01. The number of hydrogen-bond acceptors (Lipinski definition) is 2. The van der Waals surface area contributed by atoms with Gasteiger partial charge in [-0.15, -0.1) is 0 Å². The van der Waals surface area contributed by atoms with E-state index in [4.69, 9.17) is 4.74 Å². The molecule has 0 bridgehead atoms. The Labute approximate surface area is 74.5 Å². The molecule has 71 valence electrons. The molecule has 3 heteroatoms. The lowest BCUT2D eigenvalue weighted by Gasteiger charge is -2.21. The summed E-state index contributed by atoms with van der Waals surface area (Å²) in [5.41, 5.74) is -0.426. The van der Waals surface area contributed by atoms with Gasteiger partial charge in [0.05, 0.1) is 0 Å². The Morgan fingerprint density at radius 1 is 1.58 bits per heavy atom. The molecule has 1 amide bonds. The summed E-state index contributed by atoms with van der Waals surface area (Å²) in [7, 11) is 0. The lowest BCUT2D eigenvalue weighted by molar-refractivity contribution is 0.0509. The van der Waals surface area contributed by atoms with Gasteiger partial charge in [0.2, 0.25) is 0 Å². The minimum absolute atomic E-state index is 0.0693. The number of nitrogens with one attached hydrogen (secondary N) is 1. The average molecular weight is 172 g/mol. The van der Waals surface area contributed by atoms with Crippen LogP contribution in [0.4, 0.5) is 4.79 Å². The van der Waals surface area contributed by atoms with Gasteiger partial charge < -0.3 is 10.1 Å². The summed E-state index contributed by atoms with van der Waals surface area (Å²) in [5, 5.41) is 2.66. The first-order valence-corrected chi connectivity index (χ1v) is 4.14. The third-order valence-electron chi connectivity index (χ3n) is 1.20. The summed E-state index contributed by atoms with van der Waals surface area (Å²) in [6.45, 7) is 11.1. The van der Waals surface area contributed by atoms with Gasteiger partial charge in [0.25, 0.3) is 0 Å². The molecule has 0 unspecified atom stereocenters. The van der Waals surface area contributed by atoms with E-state index in [-0.39, 0.29) is 12.1 Å². The van der Waals surface area contributed by atoms with Gasteiger partial charge in [-0.1, -0.05) is 6.92 Å². The van der Waals surface area contributed by atoms with Crippen molar-refractivity contribution in [1.82, 2.24) is 5.32 Å². The van der Waals surface area contributed by atoms with Gasteiger partial charge >= 0.3 is 6.09 Å². The van der Waals surface area contributed by atoms with Crippen LogP contribution in [0.3, 0.4) is 0 Å². The summed E-state index contributed by atoms with van der Waals surface area (Å²) < 4.78 is 5.03. The smallest absolute Gasteiger partial charge is 0.407 e. The Balaban J connectivity index is 3.75. The van der Waals surface area contributed by atoms with Crippen LogP contribution in [0.5, 0.6) is 0 Å². The second-order valence-corrected chi connectivity index (χ2v) is 3.84. The van der Waals surface area contributed by atoms with Crippen LogP contribution < -0.4 is 5.32 Å². The summed E-state index contributed by atoms with van der Waals surface area (Å²) >= 11 is 0. The zero-order chi connectivity index (χ0) is 9.78. The first-order chi connectivity index (χ1) is 5.35. The summed E-state index contributed by atoms with van der Waals surface area (Å²) in [5.74, 6) is 0. The molecule has 0 aromatic carbocycles. The van der Waals surface area contributed by atoms with Crippen molar-refractivity contribution in [2.24, 2.45) is 0 Å². The van der Waals surface area contributed by atoms with Crippen LogP contribution in [-0.4, -0.2) is 17.7 Å². The van der Waals surface area contributed by atoms with E-state index in [9.17, 15) is 4.79 Å². The Bertz CT molecular complexity index is 149. The molecule has 0 aromatic rings. The molecule has 0 heterocycles. The molecule has 0 aliphatic heterocycles. The van der Waals surface area contributed by atoms with Gasteiger partial charge in [-0.2, -0.15) is 0 Å². The predicted molar refractivity (Wildman–Crippen MR) is 48.8 cm³/mol. The topological polar surface area (TPSA) is 38.3 Å². The highest BCUT2D eigenvalue weighted by Crippen LogP contribution is 2.06. The summed E-state index contributed by atoms with van der Waals surface area (Å²) in [6.07, 6.45) is 0.290. The van der Waals surface area contributed by atoms with Crippen molar-refractivity contribution in [3.05, 3.63) is 6.92 Å². The normalized spacial score (nSPS) is 13.8. The van der Waals surface area contributed by atoms with Gasteiger partial charge in [-0.25, -0.2) is 4.79 Å². The Morgan fingerprint density at radius 3 is 2.42 bits per heavy atom. The van der Waals surface area contributed by atoms with E-state index in [0.29, 0.717) is 6.42 Å². The lowest BCUT2D eigenvalue weighted by atomic mass is 10.2. The van der Waals surface area contributed by atoms with Crippen molar-refractivity contribution < 1.29 is 9.53 Å². The van der Waals surface area contributed by atoms with Crippen LogP contribution in [0.1, 0.15) is 34.1 Å². The van der Waals surface area contributed by atoms with E-state index in [2.05, 4.69) is 12.2 Å². The maximum atomic E-state index is 11.1. The quantitative estimate of drug-likeness (QED) is 0.693. The molecule has 1 atom stereocenters. The van der Waals surface area contributed by atoms with Crippen molar-refractivity contribution >= 4 is 6.09 Å². The van der Waals surface area contributed by atoms with Crippen LogP contribution >= 0.6 is 0 Å². The molecule has 0 saturated heterocycles. The van der Waals surface area contributed by atoms with E-state index in [1.54, 1.807) is 0 Å². The summed E-state index contributed by atoms with van der Waals surface area (Å²) in [6, 6.07) is 0.0693. The largest absolute Gasteiger partial charge is 0.444 e.